The molecule has 1 aliphatic carbocycles. The lowest BCUT2D eigenvalue weighted by molar-refractivity contribution is 0.281. The van der Waals surface area contributed by atoms with Crippen molar-refractivity contribution in [2.75, 3.05) is 11.1 Å². The predicted molar refractivity (Wildman–Crippen MR) is 75.2 cm³/mol. The molecular formula is C15H21N3. The third-order valence-corrected chi connectivity index (χ3v) is 3.76. The summed E-state index contributed by atoms with van der Waals surface area (Å²) in [7, 11) is 0. The van der Waals surface area contributed by atoms with E-state index in [0.29, 0.717) is 17.3 Å². The minimum atomic E-state index is 0.472. The van der Waals surface area contributed by atoms with Gasteiger partial charge in [-0.1, -0.05) is 19.9 Å². The highest BCUT2D eigenvalue weighted by molar-refractivity contribution is 5.73. The summed E-state index contributed by atoms with van der Waals surface area (Å²) in [6, 6.07) is 8.19. The molecule has 0 heterocycles. The molecule has 2 atom stereocenters. The van der Waals surface area contributed by atoms with E-state index in [-0.39, 0.29) is 0 Å². The van der Waals surface area contributed by atoms with Gasteiger partial charge in [-0.25, -0.2) is 0 Å². The van der Waals surface area contributed by atoms with Crippen LogP contribution in [-0.4, -0.2) is 6.04 Å². The van der Waals surface area contributed by atoms with Gasteiger partial charge >= 0.3 is 0 Å². The molecule has 0 aromatic heterocycles. The first-order valence-corrected chi connectivity index (χ1v) is 6.65. The van der Waals surface area contributed by atoms with Crippen LogP contribution in [0, 0.1) is 23.2 Å². The van der Waals surface area contributed by atoms with Crippen LogP contribution >= 0.6 is 0 Å². The van der Waals surface area contributed by atoms with Crippen LogP contribution in [0.4, 0.5) is 11.4 Å². The minimum absolute atomic E-state index is 0.472. The van der Waals surface area contributed by atoms with E-state index in [4.69, 9.17) is 11.0 Å². The van der Waals surface area contributed by atoms with E-state index in [1.54, 1.807) is 6.07 Å². The number of benzene rings is 1. The summed E-state index contributed by atoms with van der Waals surface area (Å²) in [6.07, 6.45) is 3.67. The highest BCUT2D eigenvalue weighted by Gasteiger charge is 2.24. The topological polar surface area (TPSA) is 61.8 Å². The van der Waals surface area contributed by atoms with Gasteiger partial charge in [0.2, 0.25) is 0 Å². The van der Waals surface area contributed by atoms with Crippen molar-refractivity contribution in [2.45, 2.75) is 39.2 Å². The number of rotatable bonds is 2. The molecule has 1 aromatic rings. The molecule has 3 nitrogen and oxygen atoms in total. The number of hydrogen-bond acceptors (Lipinski definition) is 3. The molecule has 2 rings (SSSR count). The Bertz CT molecular complexity index is 451. The van der Waals surface area contributed by atoms with Crippen LogP contribution in [0.5, 0.6) is 0 Å². The van der Waals surface area contributed by atoms with E-state index in [2.05, 4.69) is 25.2 Å². The monoisotopic (exact) mass is 243 g/mol. The first kappa shape index (κ1) is 12.8. The van der Waals surface area contributed by atoms with Gasteiger partial charge in [-0.05, 0) is 43.2 Å². The molecule has 0 spiro atoms. The average molecular weight is 243 g/mol. The molecule has 0 bridgehead atoms. The van der Waals surface area contributed by atoms with Crippen molar-refractivity contribution in [3.8, 4) is 6.07 Å². The van der Waals surface area contributed by atoms with E-state index in [1.807, 2.05) is 12.1 Å². The maximum atomic E-state index is 8.98. The van der Waals surface area contributed by atoms with E-state index < -0.39 is 0 Å². The van der Waals surface area contributed by atoms with Crippen molar-refractivity contribution in [1.82, 2.24) is 0 Å². The third-order valence-electron chi connectivity index (χ3n) is 3.76. The molecule has 0 radical (unpaired) electrons. The Labute approximate surface area is 109 Å². The summed E-state index contributed by atoms with van der Waals surface area (Å²) < 4.78 is 0. The van der Waals surface area contributed by atoms with Crippen LogP contribution in [0.1, 0.15) is 38.7 Å². The molecule has 1 saturated carbocycles. The van der Waals surface area contributed by atoms with Crippen LogP contribution in [0.25, 0.3) is 0 Å². The molecule has 1 fully saturated rings. The highest BCUT2D eigenvalue weighted by Crippen LogP contribution is 2.32. The Morgan fingerprint density at radius 3 is 2.50 bits per heavy atom. The summed E-state index contributed by atoms with van der Waals surface area (Å²) in [4.78, 5) is 0. The summed E-state index contributed by atoms with van der Waals surface area (Å²) in [5.41, 5.74) is 8.03. The van der Waals surface area contributed by atoms with Gasteiger partial charge in [-0.3, -0.25) is 0 Å². The lowest BCUT2D eigenvalue weighted by Gasteiger charge is -2.33. The van der Waals surface area contributed by atoms with Gasteiger partial charge in [0, 0.05) is 6.04 Å². The second kappa shape index (κ2) is 5.30. The highest BCUT2D eigenvalue weighted by atomic mass is 14.9. The van der Waals surface area contributed by atoms with E-state index in [0.717, 1.165) is 17.5 Å². The number of para-hydroxylation sites is 1. The molecule has 18 heavy (non-hydrogen) atoms. The van der Waals surface area contributed by atoms with Crippen molar-refractivity contribution in [3.63, 3.8) is 0 Å². The van der Waals surface area contributed by atoms with Gasteiger partial charge in [0.15, 0.2) is 0 Å². The number of hydrogen-bond donors (Lipinski definition) is 2. The second-order valence-electron chi connectivity index (χ2n) is 5.64. The largest absolute Gasteiger partial charge is 0.396 e. The fraction of sp³-hybridized carbons (Fsp3) is 0.533. The molecule has 1 aliphatic rings. The van der Waals surface area contributed by atoms with Crippen LogP contribution in [-0.2, 0) is 0 Å². The molecule has 0 amide bonds. The molecule has 3 heteroatoms. The Balaban J connectivity index is 2.12. The second-order valence-corrected chi connectivity index (χ2v) is 5.64. The van der Waals surface area contributed by atoms with Gasteiger partial charge in [-0.2, -0.15) is 5.26 Å². The normalized spacial score (nSPS) is 27.5. The third kappa shape index (κ3) is 2.76. The summed E-state index contributed by atoms with van der Waals surface area (Å²) in [6.45, 7) is 4.61. The maximum absolute atomic E-state index is 8.98. The van der Waals surface area contributed by atoms with Gasteiger partial charge in [-0.15, -0.1) is 0 Å². The van der Waals surface area contributed by atoms with Gasteiger partial charge in [0.05, 0.1) is 16.9 Å². The van der Waals surface area contributed by atoms with Gasteiger partial charge in [0.25, 0.3) is 0 Å². The maximum Gasteiger partial charge on any atom is 0.101 e. The lowest BCUT2D eigenvalue weighted by atomic mass is 9.80. The zero-order valence-electron chi connectivity index (χ0n) is 11.1. The van der Waals surface area contributed by atoms with Crippen LogP contribution < -0.4 is 11.1 Å². The summed E-state index contributed by atoms with van der Waals surface area (Å²) >= 11 is 0. The first-order chi connectivity index (χ1) is 8.60. The van der Waals surface area contributed by atoms with Gasteiger partial charge in [0.1, 0.15) is 6.07 Å². The smallest absolute Gasteiger partial charge is 0.101 e. The van der Waals surface area contributed by atoms with Crippen LogP contribution in [0.3, 0.4) is 0 Å². The Hall–Kier alpha value is -1.69. The molecule has 1 aromatic carbocycles. The SMILES string of the molecule is CC1CC(C)CC(Nc2cccc(C#N)c2N)C1. The first-order valence-electron chi connectivity index (χ1n) is 6.65. The number of nitriles is 1. The molecular weight excluding hydrogens is 222 g/mol. The Morgan fingerprint density at radius 1 is 1.22 bits per heavy atom. The van der Waals surface area contributed by atoms with Crippen molar-refractivity contribution in [1.29, 1.82) is 5.26 Å². The molecule has 2 unspecified atom stereocenters. The predicted octanol–water partition coefficient (Wildman–Crippen LogP) is 3.38. The molecule has 0 aliphatic heterocycles. The molecule has 0 saturated heterocycles. The van der Waals surface area contributed by atoms with E-state index >= 15 is 0 Å². The minimum Gasteiger partial charge on any atom is -0.396 e. The molecule has 96 valence electrons. The zero-order valence-corrected chi connectivity index (χ0v) is 11.1. The fourth-order valence-corrected chi connectivity index (χ4v) is 3.07. The van der Waals surface area contributed by atoms with Crippen molar-refractivity contribution < 1.29 is 0 Å². The zero-order chi connectivity index (χ0) is 13.1. The van der Waals surface area contributed by atoms with Gasteiger partial charge < -0.3 is 11.1 Å². The van der Waals surface area contributed by atoms with E-state index in [9.17, 15) is 0 Å². The number of nitrogens with one attached hydrogen (secondary N) is 1. The van der Waals surface area contributed by atoms with Crippen molar-refractivity contribution in [3.05, 3.63) is 23.8 Å². The summed E-state index contributed by atoms with van der Waals surface area (Å²) in [5, 5.41) is 12.5. The van der Waals surface area contributed by atoms with Crippen LogP contribution in [0.15, 0.2) is 18.2 Å². The van der Waals surface area contributed by atoms with E-state index in [1.165, 1.54) is 19.3 Å². The number of nitrogen functional groups attached to an aromatic ring is 1. The quantitative estimate of drug-likeness (QED) is 0.783. The molecule has 3 N–H and O–H groups in total. The fourth-order valence-electron chi connectivity index (χ4n) is 3.07. The van der Waals surface area contributed by atoms with Crippen LogP contribution in [0.2, 0.25) is 0 Å². The Morgan fingerprint density at radius 2 is 1.89 bits per heavy atom. The Kier molecular flexibility index (Phi) is 3.76. The summed E-state index contributed by atoms with van der Waals surface area (Å²) in [5.74, 6) is 1.51. The lowest BCUT2D eigenvalue weighted by Crippen LogP contribution is -2.30. The number of nitrogens with zero attached hydrogens (tertiary/aromatic N) is 1. The van der Waals surface area contributed by atoms with Crippen molar-refractivity contribution in [2.24, 2.45) is 11.8 Å². The van der Waals surface area contributed by atoms with Crippen molar-refractivity contribution >= 4 is 11.4 Å². The average Bonchev–Trinajstić information content (AvgIpc) is 2.30. The number of nitrogens with two attached hydrogens (primary N) is 1. The standard InChI is InChI=1S/C15H21N3/c1-10-6-11(2)8-13(7-10)18-14-5-3-4-12(9-16)15(14)17/h3-5,10-11,13,18H,6-8,17H2,1-2H3. The number of anilines is 2.